The number of H-pyrrole nitrogens is 1. The zero-order valence-corrected chi connectivity index (χ0v) is 11.0. The largest absolute Gasteiger partial charge is 0.306 e. The number of aromatic nitrogens is 2. The number of hydrogen-bond donors (Lipinski definition) is 2. The van der Waals surface area contributed by atoms with Gasteiger partial charge in [0.15, 0.2) is 0 Å². The Kier molecular flexibility index (Phi) is 3.40. The predicted molar refractivity (Wildman–Crippen MR) is 67.9 cm³/mol. The van der Waals surface area contributed by atoms with Crippen molar-refractivity contribution in [2.24, 2.45) is 0 Å². The standard InChI is InChI=1S/C10H10BrN3OS/c1-2-6-5-12-14-9(6)13-10(15)8-7(11)3-4-16-8/h3-5H,2H2,1H3,(H2,12,13,14,15). The third-order valence-electron chi connectivity index (χ3n) is 2.16. The molecule has 0 aromatic carbocycles. The van der Waals surface area contributed by atoms with Crippen LogP contribution >= 0.6 is 27.3 Å². The summed E-state index contributed by atoms with van der Waals surface area (Å²) < 4.78 is 0.813. The first-order valence-corrected chi connectivity index (χ1v) is 6.46. The van der Waals surface area contributed by atoms with E-state index in [1.54, 1.807) is 6.20 Å². The summed E-state index contributed by atoms with van der Waals surface area (Å²) in [5.41, 5.74) is 1.00. The Morgan fingerprint density at radius 3 is 3.12 bits per heavy atom. The van der Waals surface area contributed by atoms with E-state index in [1.807, 2.05) is 18.4 Å². The van der Waals surface area contributed by atoms with E-state index in [1.165, 1.54) is 11.3 Å². The second-order valence-corrected chi connectivity index (χ2v) is 4.95. The zero-order valence-electron chi connectivity index (χ0n) is 8.58. The van der Waals surface area contributed by atoms with Gasteiger partial charge in [-0.3, -0.25) is 9.89 Å². The molecule has 84 valence electrons. The molecule has 2 aromatic rings. The van der Waals surface area contributed by atoms with Crippen molar-refractivity contribution in [2.75, 3.05) is 5.32 Å². The molecule has 2 aromatic heterocycles. The fourth-order valence-corrected chi connectivity index (χ4v) is 2.76. The van der Waals surface area contributed by atoms with E-state index in [0.717, 1.165) is 16.5 Å². The summed E-state index contributed by atoms with van der Waals surface area (Å²) in [6, 6.07) is 1.85. The van der Waals surface area contributed by atoms with Crippen LogP contribution in [-0.4, -0.2) is 16.1 Å². The Hall–Kier alpha value is -1.14. The van der Waals surface area contributed by atoms with E-state index >= 15 is 0 Å². The van der Waals surface area contributed by atoms with Crippen molar-refractivity contribution < 1.29 is 4.79 Å². The molecular weight excluding hydrogens is 290 g/mol. The Morgan fingerprint density at radius 2 is 2.50 bits per heavy atom. The van der Waals surface area contributed by atoms with Gasteiger partial charge in [0, 0.05) is 10.0 Å². The summed E-state index contributed by atoms with van der Waals surface area (Å²) in [5, 5.41) is 11.4. The quantitative estimate of drug-likeness (QED) is 0.915. The molecule has 0 atom stereocenters. The van der Waals surface area contributed by atoms with Gasteiger partial charge >= 0.3 is 0 Å². The Morgan fingerprint density at radius 1 is 1.69 bits per heavy atom. The number of hydrogen-bond acceptors (Lipinski definition) is 3. The molecule has 0 aliphatic heterocycles. The molecule has 0 bridgehead atoms. The minimum atomic E-state index is -0.124. The number of nitrogens with one attached hydrogen (secondary N) is 2. The molecule has 4 nitrogen and oxygen atoms in total. The molecule has 0 unspecified atom stereocenters. The van der Waals surface area contributed by atoms with Gasteiger partial charge in [0.05, 0.1) is 6.20 Å². The topological polar surface area (TPSA) is 57.8 Å². The normalized spacial score (nSPS) is 10.4. The lowest BCUT2D eigenvalue weighted by Gasteiger charge is -2.03. The number of carbonyl (C=O) groups is 1. The van der Waals surface area contributed by atoms with E-state index < -0.39 is 0 Å². The highest BCUT2D eigenvalue weighted by molar-refractivity contribution is 9.10. The van der Waals surface area contributed by atoms with Crippen molar-refractivity contribution in [2.45, 2.75) is 13.3 Å². The number of rotatable bonds is 3. The minimum Gasteiger partial charge on any atom is -0.306 e. The van der Waals surface area contributed by atoms with Crippen molar-refractivity contribution >= 4 is 39.0 Å². The second kappa shape index (κ2) is 4.80. The predicted octanol–water partition coefficient (Wildman–Crippen LogP) is 3.05. The molecular formula is C10H10BrN3OS. The summed E-state index contributed by atoms with van der Waals surface area (Å²) in [6.45, 7) is 2.02. The number of thiophene rings is 1. The first-order valence-electron chi connectivity index (χ1n) is 4.79. The van der Waals surface area contributed by atoms with E-state index in [9.17, 15) is 4.79 Å². The average molecular weight is 300 g/mol. The minimum absolute atomic E-state index is 0.124. The molecule has 2 N–H and O–H groups in total. The SMILES string of the molecule is CCc1cn[nH]c1NC(=O)c1sccc1Br. The lowest BCUT2D eigenvalue weighted by atomic mass is 10.2. The van der Waals surface area contributed by atoms with Crippen molar-refractivity contribution in [3.8, 4) is 0 Å². The van der Waals surface area contributed by atoms with Crippen LogP contribution in [0.3, 0.4) is 0 Å². The monoisotopic (exact) mass is 299 g/mol. The fraction of sp³-hybridized carbons (Fsp3) is 0.200. The summed E-state index contributed by atoms with van der Waals surface area (Å²) in [6.07, 6.45) is 2.55. The van der Waals surface area contributed by atoms with E-state index in [-0.39, 0.29) is 5.91 Å². The highest BCUT2D eigenvalue weighted by Gasteiger charge is 2.13. The van der Waals surface area contributed by atoms with Gasteiger partial charge in [-0.15, -0.1) is 11.3 Å². The summed E-state index contributed by atoms with van der Waals surface area (Å²) in [7, 11) is 0. The Bertz CT molecular complexity index is 506. The van der Waals surface area contributed by atoms with Crippen LogP contribution in [-0.2, 0) is 6.42 Å². The Balaban J connectivity index is 2.17. The fourth-order valence-electron chi connectivity index (χ4n) is 1.31. The van der Waals surface area contributed by atoms with Crippen molar-refractivity contribution in [3.05, 3.63) is 32.6 Å². The molecule has 2 heterocycles. The van der Waals surface area contributed by atoms with E-state index in [4.69, 9.17) is 0 Å². The number of carbonyl (C=O) groups excluding carboxylic acids is 1. The van der Waals surface area contributed by atoms with Crippen LogP contribution in [0.2, 0.25) is 0 Å². The molecule has 1 amide bonds. The van der Waals surface area contributed by atoms with E-state index in [0.29, 0.717) is 10.7 Å². The van der Waals surface area contributed by atoms with E-state index in [2.05, 4.69) is 31.4 Å². The first kappa shape index (κ1) is 11.3. The van der Waals surface area contributed by atoms with Gasteiger partial charge in [-0.1, -0.05) is 6.92 Å². The number of aryl methyl sites for hydroxylation is 1. The van der Waals surface area contributed by atoms with Crippen LogP contribution in [0.25, 0.3) is 0 Å². The molecule has 0 aliphatic rings. The molecule has 0 fully saturated rings. The van der Waals surface area contributed by atoms with Gasteiger partial charge in [-0.25, -0.2) is 0 Å². The van der Waals surface area contributed by atoms with Crippen LogP contribution in [0.15, 0.2) is 22.1 Å². The van der Waals surface area contributed by atoms with Crippen LogP contribution < -0.4 is 5.32 Å². The zero-order chi connectivity index (χ0) is 11.5. The van der Waals surface area contributed by atoms with Gasteiger partial charge in [-0.2, -0.15) is 5.10 Å². The highest BCUT2D eigenvalue weighted by Crippen LogP contribution is 2.24. The molecule has 0 aliphatic carbocycles. The van der Waals surface area contributed by atoms with Gasteiger partial charge in [0.25, 0.3) is 5.91 Å². The van der Waals surface area contributed by atoms with Gasteiger partial charge < -0.3 is 5.32 Å². The third kappa shape index (κ3) is 2.17. The van der Waals surface area contributed by atoms with Gasteiger partial charge in [0.2, 0.25) is 0 Å². The van der Waals surface area contributed by atoms with Crippen LogP contribution in [0.5, 0.6) is 0 Å². The lowest BCUT2D eigenvalue weighted by Crippen LogP contribution is -2.12. The first-order chi connectivity index (χ1) is 7.72. The summed E-state index contributed by atoms with van der Waals surface area (Å²) >= 11 is 4.73. The number of anilines is 1. The highest BCUT2D eigenvalue weighted by atomic mass is 79.9. The number of amides is 1. The number of halogens is 1. The third-order valence-corrected chi connectivity index (χ3v) is 4.00. The smallest absolute Gasteiger partial charge is 0.268 e. The molecule has 0 saturated heterocycles. The maximum atomic E-state index is 11.9. The van der Waals surface area contributed by atoms with Crippen LogP contribution in [0.1, 0.15) is 22.2 Å². The van der Waals surface area contributed by atoms with Gasteiger partial charge in [-0.05, 0) is 33.8 Å². The van der Waals surface area contributed by atoms with Crippen molar-refractivity contribution in [3.63, 3.8) is 0 Å². The van der Waals surface area contributed by atoms with Crippen molar-refractivity contribution in [1.29, 1.82) is 0 Å². The average Bonchev–Trinajstić information content (AvgIpc) is 2.86. The molecule has 16 heavy (non-hydrogen) atoms. The van der Waals surface area contributed by atoms with Gasteiger partial charge in [0.1, 0.15) is 10.7 Å². The van der Waals surface area contributed by atoms with Crippen LogP contribution in [0, 0.1) is 0 Å². The summed E-state index contributed by atoms with van der Waals surface area (Å²) in [4.78, 5) is 12.5. The molecule has 0 saturated carbocycles. The lowest BCUT2D eigenvalue weighted by molar-refractivity contribution is 0.102. The molecule has 0 radical (unpaired) electrons. The maximum Gasteiger partial charge on any atom is 0.268 e. The number of nitrogens with zero attached hydrogens (tertiary/aromatic N) is 1. The number of aromatic amines is 1. The van der Waals surface area contributed by atoms with Crippen molar-refractivity contribution in [1.82, 2.24) is 10.2 Å². The molecule has 0 spiro atoms. The maximum absolute atomic E-state index is 11.9. The van der Waals surface area contributed by atoms with Crippen LogP contribution in [0.4, 0.5) is 5.82 Å². The molecule has 6 heteroatoms. The Labute approximate surface area is 105 Å². The summed E-state index contributed by atoms with van der Waals surface area (Å²) in [5.74, 6) is 0.550. The molecule has 2 rings (SSSR count). The second-order valence-electron chi connectivity index (χ2n) is 3.18.